The first-order valence-electron chi connectivity index (χ1n) is 4.51. The molecule has 13 heavy (non-hydrogen) atoms. The van der Waals surface area contributed by atoms with Gasteiger partial charge in [-0.1, -0.05) is 0 Å². The SMILES string of the molecule is Cc1cc(N(C)C2CC2)nc(N)n1. The standard InChI is InChI=1S/C9H14N4/c1-6-5-8(12-9(10)11-6)13(2)7-3-4-7/h5,7H,3-4H2,1-2H3,(H2,10,11,12). The van der Waals surface area contributed by atoms with Gasteiger partial charge < -0.3 is 10.6 Å². The predicted octanol–water partition coefficient (Wildman–Crippen LogP) is 0.966. The lowest BCUT2D eigenvalue weighted by atomic mass is 10.4. The van der Waals surface area contributed by atoms with Crippen LogP contribution in [0.4, 0.5) is 11.8 Å². The quantitative estimate of drug-likeness (QED) is 0.733. The van der Waals surface area contributed by atoms with Gasteiger partial charge in [0.2, 0.25) is 5.95 Å². The Kier molecular flexibility index (Phi) is 1.83. The van der Waals surface area contributed by atoms with Crippen molar-refractivity contribution in [2.75, 3.05) is 17.7 Å². The van der Waals surface area contributed by atoms with E-state index in [4.69, 9.17) is 5.73 Å². The maximum atomic E-state index is 5.57. The molecule has 0 saturated heterocycles. The van der Waals surface area contributed by atoms with Crippen molar-refractivity contribution in [2.45, 2.75) is 25.8 Å². The number of hydrogen-bond donors (Lipinski definition) is 1. The Morgan fingerprint density at radius 2 is 2.15 bits per heavy atom. The minimum absolute atomic E-state index is 0.363. The van der Waals surface area contributed by atoms with Gasteiger partial charge >= 0.3 is 0 Å². The van der Waals surface area contributed by atoms with Crippen LogP contribution in [0, 0.1) is 6.92 Å². The second-order valence-electron chi connectivity index (χ2n) is 3.57. The third-order valence-electron chi connectivity index (χ3n) is 2.31. The molecule has 0 amide bonds. The highest BCUT2D eigenvalue weighted by atomic mass is 15.2. The van der Waals surface area contributed by atoms with Crippen LogP contribution in [0.5, 0.6) is 0 Å². The summed E-state index contributed by atoms with van der Waals surface area (Å²) >= 11 is 0. The number of aryl methyl sites for hydroxylation is 1. The Balaban J connectivity index is 2.27. The molecule has 2 rings (SSSR count). The fourth-order valence-corrected chi connectivity index (χ4v) is 1.40. The van der Waals surface area contributed by atoms with Crippen LogP contribution >= 0.6 is 0 Å². The van der Waals surface area contributed by atoms with E-state index in [2.05, 4.69) is 21.9 Å². The molecule has 0 atom stereocenters. The van der Waals surface area contributed by atoms with Crippen molar-refractivity contribution in [1.82, 2.24) is 9.97 Å². The average molecular weight is 178 g/mol. The maximum absolute atomic E-state index is 5.57. The topological polar surface area (TPSA) is 55.0 Å². The molecule has 0 radical (unpaired) electrons. The Morgan fingerprint density at radius 3 is 2.69 bits per heavy atom. The summed E-state index contributed by atoms with van der Waals surface area (Å²) in [5.74, 6) is 1.30. The van der Waals surface area contributed by atoms with Crippen LogP contribution in [0.3, 0.4) is 0 Å². The van der Waals surface area contributed by atoms with Crippen molar-refractivity contribution in [3.8, 4) is 0 Å². The van der Waals surface area contributed by atoms with Gasteiger partial charge in [-0.15, -0.1) is 0 Å². The van der Waals surface area contributed by atoms with Gasteiger partial charge in [-0.25, -0.2) is 4.98 Å². The lowest BCUT2D eigenvalue weighted by Crippen LogP contribution is -2.21. The van der Waals surface area contributed by atoms with Gasteiger partial charge in [0.25, 0.3) is 0 Å². The molecule has 0 unspecified atom stereocenters. The van der Waals surface area contributed by atoms with Crippen LogP contribution < -0.4 is 10.6 Å². The predicted molar refractivity (Wildman–Crippen MR) is 52.6 cm³/mol. The van der Waals surface area contributed by atoms with Crippen LogP contribution in [0.15, 0.2) is 6.07 Å². The number of nitrogen functional groups attached to an aromatic ring is 1. The van der Waals surface area contributed by atoms with Gasteiger partial charge in [-0.05, 0) is 19.8 Å². The number of nitrogens with two attached hydrogens (primary N) is 1. The summed E-state index contributed by atoms with van der Waals surface area (Å²) in [7, 11) is 2.05. The molecule has 1 aromatic rings. The second-order valence-corrected chi connectivity index (χ2v) is 3.57. The summed E-state index contributed by atoms with van der Waals surface area (Å²) in [5, 5.41) is 0. The van der Waals surface area contributed by atoms with Crippen LogP contribution in [-0.4, -0.2) is 23.1 Å². The van der Waals surface area contributed by atoms with Crippen LogP contribution in [0.1, 0.15) is 18.5 Å². The first-order chi connectivity index (χ1) is 6.16. The van der Waals surface area contributed by atoms with E-state index in [1.807, 2.05) is 13.0 Å². The Morgan fingerprint density at radius 1 is 1.46 bits per heavy atom. The Hall–Kier alpha value is -1.32. The summed E-state index contributed by atoms with van der Waals surface area (Å²) in [5.41, 5.74) is 6.49. The van der Waals surface area contributed by atoms with Crippen molar-refractivity contribution >= 4 is 11.8 Å². The molecule has 1 aliphatic carbocycles. The lowest BCUT2D eigenvalue weighted by molar-refractivity contribution is 0.884. The zero-order valence-corrected chi connectivity index (χ0v) is 7.99. The van der Waals surface area contributed by atoms with Gasteiger partial charge in [-0.2, -0.15) is 4.98 Å². The first-order valence-corrected chi connectivity index (χ1v) is 4.51. The highest BCUT2D eigenvalue weighted by Crippen LogP contribution is 2.29. The maximum Gasteiger partial charge on any atom is 0.222 e. The fourth-order valence-electron chi connectivity index (χ4n) is 1.40. The van der Waals surface area contributed by atoms with Crippen molar-refractivity contribution in [1.29, 1.82) is 0 Å². The Labute approximate surface area is 77.8 Å². The van der Waals surface area contributed by atoms with Crippen molar-refractivity contribution in [3.63, 3.8) is 0 Å². The summed E-state index contributed by atoms with van der Waals surface area (Å²) in [6, 6.07) is 2.63. The molecular formula is C9H14N4. The second kappa shape index (κ2) is 2.87. The molecule has 70 valence electrons. The third kappa shape index (κ3) is 1.71. The smallest absolute Gasteiger partial charge is 0.222 e. The highest BCUT2D eigenvalue weighted by molar-refractivity contribution is 5.44. The molecule has 0 aromatic carbocycles. The summed E-state index contributed by atoms with van der Waals surface area (Å²) in [6.45, 7) is 1.93. The third-order valence-corrected chi connectivity index (χ3v) is 2.31. The van der Waals surface area contributed by atoms with E-state index in [0.717, 1.165) is 11.5 Å². The van der Waals surface area contributed by atoms with Crippen LogP contribution in [0.2, 0.25) is 0 Å². The van der Waals surface area contributed by atoms with E-state index < -0.39 is 0 Å². The van der Waals surface area contributed by atoms with E-state index >= 15 is 0 Å². The fraction of sp³-hybridized carbons (Fsp3) is 0.556. The van der Waals surface area contributed by atoms with Crippen molar-refractivity contribution in [2.24, 2.45) is 0 Å². The minimum Gasteiger partial charge on any atom is -0.368 e. The van der Waals surface area contributed by atoms with Crippen LogP contribution in [0.25, 0.3) is 0 Å². The number of aromatic nitrogens is 2. The minimum atomic E-state index is 0.363. The van der Waals surface area contributed by atoms with E-state index in [1.165, 1.54) is 12.8 Å². The number of hydrogen-bond acceptors (Lipinski definition) is 4. The van der Waals surface area contributed by atoms with E-state index in [9.17, 15) is 0 Å². The lowest BCUT2D eigenvalue weighted by Gasteiger charge is -2.17. The zero-order valence-electron chi connectivity index (χ0n) is 7.99. The normalized spacial score (nSPS) is 15.8. The molecular weight excluding hydrogens is 164 g/mol. The molecule has 1 saturated carbocycles. The molecule has 4 heteroatoms. The van der Waals surface area contributed by atoms with Gasteiger partial charge in [0.15, 0.2) is 0 Å². The summed E-state index contributed by atoms with van der Waals surface area (Å²) in [6.07, 6.45) is 2.53. The summed E-state index contributed by atoms with van der Waals surface area (Å²) < 4.78 is 0. The number of rotatable bonds is 2. The van der Waals surface area contributed by atoms with E-state index in [0.29, 0.717) is 12.0 Å². The highest BCUT2D eigenvalue weighted by Gasteiger charge is 2.27. The zero-order chi connectivity index (χ0) is 9.42. The molecule has 1 aliphatic rings. The van der Waals surface area contributed by atoms with Crippen LogP contribution in [-0.2, 0) is 0 Å². The van der Waals surface area contributed by atoms with Crippen molar-refractivity contribution in [3.05, 3.63) is 11.8 Å². The van der Waals surface area contributed by atoms with E-state index in [1.54, 1.807) is 0 Å². The molecule has 1 fully saturated rings. The van der Waals surface area contributed by atoms with Gasteiger partial charge in [-0.3, -0.25) is 0 Å². The molecule has 1 heterocycles. The molecule has 4 nitrogen and oxygen atoms in total. The molecule has 0 bridgehead atoms. The Bertz CT molecular complexity index is 299. The molecule has 0 aliphatic heterocycles. The number of nitrogens with zero attached hydrogens (tertiary/aromatic N) is 3. The van der Waals surface area contributed by atoms with Gasteiger partial charge in [0, 0.05) is 24.8 Å². The van der Waals surface area contributed by atoms with Gasteiger partial charge in [0.1, 0.15) is 5.82 Å². The van der Waals surface area contributed by atoms with E-state index in [-0.39, 0.29) is 0 Å². The number of anilines is 2. The first kappa shape index (κ1) is 8.29. The molecule has 2 N–H and O–H groups in total. The largest absolute Gasteiger partial charge is 0.368 e. The average Bonchev–Trinajstić information content (AvgIpc) is 2.83. The van der Waals surface area contributed by atoms with Gasteiger partial charge in [0.05, 0.1) is 0 Å². The molecule has 1 aromatic heterocycles. The summed E-state index contributed by atoms with van der Waals surface area (Å²) in [4.78, 5) is 10.4. The van der Waals surface area contributed by atoms with Crippen molar-refractivity contribution < 1.29 is 0 Å². The monoisotopic (exact) mass is 178 g/mol. The molecule has 0 spiro atoms.